The van der Waals surface area contributed by atoms with Crippen molar-refractivity contribution in [2.45, 2.75) is 18.9 Å². The van der Waals surface area contributed by atoms with Gasteiger partial charge in [0.05, 0.1) is 11.5 Å². The van der Waals surface area contributed by atoms with Gasteiger partial charge in [0, 0.05) is 18.3 Å². The van der Waals surface area contributed by atoms with Crippen LogP contribution in [0.15, 0.2) is 17.1 Å². The van der Waals surface area contributed by atoms with Crippen LogP contribution in [0, 0.1) is 4.77 Å². The third kappa shape index (κ3) is 2.41. The summed E-state index contributed by atoms with van der Waals surface area (Å²) in [4.78, 5) is 13.5. The zero-order valence-corrected chi connectivity index (χ0v) is 10.2. The van der Waals surface area contributed by atoms with Gasteiger partial charge in [-0.2, -0.15) is 0 Å². The van der Waals surface area contributed by atoms with E-state index >= 15 is 0 Å². The zero-order chi connectivity index (χ0) is 11.8. The minimum absolute atomic E-state index is 0.105. The lowest BCUT2D eigenvalue weighted by Crippen LogP contribution is -2.29. The average molecular weight is 260 g/mol. The summed E-state index contributed by atoms with van der Waals surface area (Å²) in [7, 11) is -2.97. The lowest BCUT2D eigenvalue weighted by molar-refractivity contribution is 0.459. The van der Waals surface area contributed by atoms with Crippen molar-refractivity contribution in [1.29, 1.82) is 0 Å². The van der Waals surface area contributed by atoms with Gasteiger partial charge in [-0.05, 0) is 25.1 Å². The van der Waals surface area contributed by atoms with Crippen LogP contribution in [0.4, 0.5) is 0 Å². The van der Waals surface area contributed by atoms with Crippen LogP contribution in [0.25, 0.3) is 0 Å². The second-order valence-corrected chi connectivity index (χ2v) is 6.54. The quantitative estimate of drug-likeness (QED) is 0.753. The smallest absolute Gasteiger partial charge is 0.251 e. The van der Waals surface area contributed by atoms with Gasteiger partial charge < -0.3 is 4.57 Å². The first-order chi connectivity index (χ1) is 7.48. The number of sulfone groups is 1. The molecule has 2 heterocycles. The van der Waals surface area contributed by atoms with E-state index in [4.69, 9.17) is 12.2 Å². The highest BCUT2D eigenvalue weighted by Gasteiger charge is 2.25. The van der Waals surface area contributed by atoms with Gasteiger partial charge in [0.1, 0.15) is 0 Å². The van der Waals surface area contributed by atoms with E-state index < -0.39 is 9.84 Å². The van der Waals surface area contributed by atoms with Gasteiger partial charge in [-0.3, -0.25) is 9.78 Å². The molecule has 0 saturated carbocycles. The maximum atomic E-state index is 11.5. The van der Waals surface area contributed by atoms with E-state index in [1.807, 2.05) is 0 Å². The molecule has 7 heteroatoms. The maximum absolute atomic E-state index is 11.5. The molecule has 0 spiro atoms. The number of nitrogens with one attached hydrogen (secondary N) is 1. The minimum atomic E-state index is -2.97. The summed E-state index contributed by atoms with van der Waals surface area (Å²) in [5.41, 5.74) is -0.264. The van der Waals surface area contributed by atoms with Crippen LogP contribution < -0.4 is 5.56 Å². The summed E-state index contributed by atoms with van der Waals surface area (Å²) in [6.07, 6.45) is 2.99. The zero-order valence-electron chi connectivity index (χ0n) is 8.55. The van der Waals surface area contributed by atoms with Gasteiger partial charge in [0.25, 0.3) is 5.56 Å². The normalized spacial score (nSPS) is 24.1. The Kier molecular flexibility index (Phi) is 2.98. The number of nitrogens with zero attached hydrogens (tertiary/aromatic N) is 1. The number of aromatic nitrogens is 2. The molecule has 1 saturated heterocycles. The number of H-pyrrole nitrogens is 1. The van der Waals surface area contributed by atoms with Gasteiger partial charge >= 0.3 is 0 Å². The fourth-order valence-corrected chi connectivity index (χ4v) is 3.93. The molecule has 0 aliphatic carbocycles. The van der Waals surface area contributed by atoms with Crippen molar-refractivity contribution in [2.75, 3.05) is 11.5 Å². The van der Waals surface area contributed by atoms with Crippen molar-refractivity contribution in [2.24, 2.45) is 0 Å². The Bertz CT molecular complexity index is 600. The van der Waals surface area contributed by atoms with Crippen molar-refractivity contribution < 1.29 is 8.42 Å². The van der Waals surface area contributed by atoms with Crippen LogP contribution in [0.3, 0.4) is 0 Å². The van der Waals surface area contributed by atoms with Crippen LogP contribution >= 0.6 is 12.2 Å². The van der Waals surface area contributed by atoms with Gasteiger partial charge in [-0.1, -0.05) is 0 Å². The fourth-order valence-electron chi connectivity index (χ4n) is 1.93. The molecule has 1 aromatic heterocycles. The molecular formula is C9H12N2O3S2. The fraction of sp³-hybridized carbons (Fsp3) is 0.556. The highest BCUT2D eigenvalue weighted by molar-refractivity contribution is 7.91. The van der Waals surface area contributed by atoms with Crippen LogP contribution in [0.1, 0.15) is 18.9 Å². The average Bonchev–Trinajstić information content (AvgIpc) is 2.15. The van der Waals surface area contributed by atoms with E-state index in [-0.39, 0.29) is 27.9 Å². The Morgan fingerprint density at radius 2 is 2.25 bits per heavy atom. The summed E-state index contributed by atoms with van der Waals surface area (Å²) in [5.74, 6) is 0.355. The SMILES string of the molecule is O=c1ccn(C2CCCS(=O)(=O)C2)c(=S)[nH]1. The lowest BCUT2D eigenvalue weighted by atomic mass is 10.2. The summed E-state index contributed by atoms with van der Waals surface area (Å²) < 4.78 is 24.9. The highest BCUT2D eigenvalue weighted by atomic mass is 32.2. The van der Waals surface area contributed by atoms with E-state index in [1.165, 1.54) is 6.07 Å². The molecule has 0 aromatic carbocycles. The van der Waals surface area contributed by atoms with E-state index in [1.54, 1.807) is 10.8 Å². The molecule has 2 rings (SSSR count). The van der Waals surface area contributed by atoms with Crippen molar-refractivity contribution >= 4 is 22.1 Å². The Morgan fingerprint density at radius 1 is 1.50 bits per heavy atom. The molecule has 1 fully saturated rings. The first-order valence-corrected chi connectivity index (χ1v) is 7.23. The third-order valence-electron chi connectivity index (χ3n) is 2.68. The number of rotatable bonds is 1. The monoisotopic (exact) mass is 260 g/mol. The molecule has 5 nitrogen and oxygen atoms in total. The highest BCUT2D eigenvalue weighted by Crippen LogP contribution is 2.22. The first-order valence-electron chi connectivity index (χ1n) is 5.00. The van der Waals surface area contributed by atoms with Gasteiger partial charge in [-0.25, -0.2) is 8.42 Å². The van der Waals surface area contributed by atoms with Crippen molar-refractivity contribution in [1.82, 2.24) is 9.55 Å². The molecule has 1 aromatic rings. The summed E-state index contributed by atoms with van der Waals surface area (Å²) in [6, 6.07) is 1.21. The largest absolute Gasteiger partial charge is 0.321 e. The Hall–Kier alpha value is -0.950. The van der Waals surface area contributed by atoms with E-state index in [2.05, 4.69) is 4.98 Å². The standard InChI is InChI=1S/C9H12N2O3S2/c12-8-3-4-11(9(15)10-8)7-2-1-5-16(13,14)6-7/h3-4,7H,1-2,5-6H2,(H,10,12,15). The van der Waals surface area contributed by atoms with E-state index in [9.17, 15) is 13.2 Å². The number of aromatic amines is 1. The minimum Gasteiger partial charge on any atom is -0.321 e. The molecular weight excluding hydrogens is 248 g/mol. The summed E-state index contributed by atoms with van der Waals surface area (Å²) in [6.45, 7) is 0. The van der Waals surface area contributed by atoms with Gasteiger partial charge in [0.15, 0.2) is 14.6 Å². The molecule has 1 atom stereocenters. The molecule has 16 heavy (non-hydrogen) atoms. The van der Waals surface area contributed by atoms with Crippen LogP contribution in [-0.4, -0.2) is 29.5 Å². The van der Waals surface area contributed by atoms with Crippen LogP contribution in [-0.2, 0) is 9.84 Å². The Morgan fingerprint density at radius 3 is 2.88 bits per heavy atom. The summed E-state index contributed by atoms with van der Waals surface area (Å²) >= 11 is 5.01. The van der Waals surface area contributed by atoms with Gasteiger partial charge in [-0.15, -0.1) is 0 Å². The summed E-state index contributed by atoms with van der Waals surface area (Å²) in [5, 5.41) is 0. The molecule has 0 bridgehead atoms. The molecule has 0 radical (unpaired) electrons. The second kappa shape index (κ2) is 4.14. The Labute approximate surface area is 98.0 Å². The van der Waals surface area contributed by atoms with E-state index in [0.29, 0.717) is 6.42 Å². The first kappa shape index (κ1) is 11.5. The molecule has 1 aliphatic rings. The predicted molar refractivity (Wildman–Crippen MR) is 62.8 cm³/mol. The number of hydrogen-bond acceptors (Lipinski definition) is 4. The third-order valence-corrected chi connectivity index (χ3v) is 4.80. The van der Waals surface area contributed by atoms with Crippen molar-refractivity contribution in [3.63, 3.8) is 0 Å². The molecule has 0 amide bonds. The molecule has 1 unspecified atom stereocenters. The van der Waals surface area contributed by atoms with Crippen molar-refractivity contribution in [3.8, 4) is 0 Å². The molecule has 1 N–H and O–H groups in total. The Balaban J connectivity index is 2.38. The molecule has 1 aliphatic heterocycles. The molecule has 88 valence electrons. The van der Waals surface area contributed by atoms with E-state index in [0.717, 1.165) is 6.42 Å². The number of hydrogen-bond donors (Lipinski definition) is 1. The maximum Gasteiger partial charge on any atom is 0.251 e. The second-order valence-electron chi connectivity index (χ2n) is 3.93. The van der Waals surface area contributed by atoms with Crippen molar-refractivity contribution in [3.05, 3.63) is 27.4 Å². The van der Waals surface area contributed by atoms with Crippen LogP contribution in [0.2, 0.25) is 0 Å². The van der Waals surface area contributed by atoms with Gasteiger partial charge in [0.2, 0.25) is 0 Å². The topological polar surface area (TPSA) is 71.9 Å². The van der Waals surface area contributed by atoms with Crippen LogP contribution in [0.5, 0.6) is 0 Å². The lowest BCUT2D eigenvalue weighted by Gasteiger charge is -2.24. The predicted octanol–water partition coefficient (Wildman–Crippen LogP) is 0.656.